The third-order valence-corrected chi connectivity index (χ3v) is 3.54. The number of likely N-dealkylation sites (N-methyl/N-ethyl adjacent to an activating group) is 1. The average molecular weight is 265 g/mol. The standard InChI is InChI=1S/C15H15N5/c1-20-9-13(6-11-4-2-3-5-14(11)20)19-15-12(7-16)8-17-10-18-15/h2-5,8,10,13H,6,9H2,1H3,(H,17,18,19)/t13-/m1/s1. The van der Waals surface area contributed by atoms with Crippen LogP contribution < -0.4 is 10.2 Å². The van der Waals surface area contributed by atoms with Gasteiger partial charge in [-0.3, -0.25) is 0 Å². The maximum atomic E-state index is 9.08. The van der Waals surface area contributed by atoms with Crippen LogP contribution in [0.5, 0.6) is 0 Å². The van der Waals surface area contributed by atoms with Crippen molar-refractivity contribution >= 4 is 11.5 Å². The van der Waals surface area contributed by atoms with Gasteiger partial charge in [-0.25, -0.2) is 9.97 Å². The lowest BCUT2D eigenvalue weighted by atomic mass is 9.98. The van der Waals surface area contributed by atoms with Crippen molar-refractivity contribution in [3.05, 3.63) is 47.9 Å². The normalized spacial score (nSPS) is 17.2. The van der Waals surface area contributed by atoms with E-state index in [1.807, 2.05) is 0 Å². The van der Waals surface area contributed by atoms with Gasteiger partial charge in [0.1, 0.15) is 23.8 Å². The zero-order valence-electron chi connectivity index (χ0n) is 11.2. The second kappa shape index (κ2) is 5.17. The van der Waals surface area contributed by atoms with Crippen LogP contribution in [0.1, 0.15) is 11.1 Å². The van der Waals surface area contributed by atoms with Crippen LogP contribution >= 0.6 is 0 Å². The Morgan fingerprint density at radius 3 is 3.10 bits per heavy atom. The second-order valence-electron chi connectivity index (χ2n) is 4.95. The van der Waals surface area contributed by atoms with Crippen molar-refractivity contribution < 1.29 is 0 Å². The van der Waals surface area contributed by atoms with E-state index in [4.69, 9.17) is 5.26 Å². The molecule has 0 saturated heterocycles. The van der Waals surface area contributed by atoms with Crippen LogP contribution in [0.3, 0.4) is 0 Å². The van der Waals surface area contributed by atoms with Crippen molar-refractivity contribution in [2.75, 3.05) is 23.8 Å². The van der Waals surface area contributed by atoms with Crippen LogP contribution in [0, 0.1) is 11.3 Å². The molecule has 3 rings (SSSR count). The van der Waals surface area contributed by atoms with E-state index in [-0.39, 0.29) is 6.04 Å². The van der Waals surface area contributed by atoms with Crippen molar-refractivity contribution in [2.24, 2.45) is 0 Å². The second-order valence-corrected chi connectivity index (χ2v) is 4.95. The molecule has 2 heterocycles. The number of benzene rings is 1. The molecule has 1 atom stereocenters. The van der Waals surface area contributed by atoms with Crippen molar-refractivity contribution in [1.82, 2.24) is 9.97 Å². The van der Waals surface area contributed by atoms with Crippen LogP contribution in [0.4, 0.5) is 11.5 Å². The Bertz CT molecular complexity index is 661. The summed E-state index contributed by atoms with van der Waals surface area (Å²) in [6.45, 7) is 0.881. The summed E-state index contributed by atoms with van der Waals surface area (Å²) in [4.78, 5) is 10.3. The van der Waals surface area contributed by atoms with Gasteiger partial charge in [0, 0.05) is 25.3 Å². The number of nitrogens with one attached hydrogen (secondary N) is 1. The molecule has 1 N–H and O–H groups in total. The summed E-state index contributed by atoms with van der Waals surface area (Å²) >= 11 is 0. The van der Waals surface area contributed by atoms with E-state index < -0.39 is 0 Å². The maximum absolute atomic E-state index is 9.08. The van der Waals surface area contributed by atoms with Crippen LogP contribution in [0.15, 0.2) is 36.8 Å². The number of nitrogens with zero attached hydrogens (tertiary/aromatic N) is 4. The number of aromatic nitrogens is 2. The van der Waals surface area contributed by atoms with E-state index in [0.717, 1.165) is 13.0 Å². The maximum Gasteiger partial charge on any atom is 0.147 e. The molecule has 2 aromatic rings. The van der Waals surface area contributed by atoms with Crippen LogP contribution in [-0.4, -0.2) is 29.6 Å². The van der Waals surface area contributed by atoms with Gasteiger partial charge in [0.05, 0.1) is 6.20 Å². The van der Waals surface area contributed by atoms with Gasteiger partial charge in [0.15, 0.2) is 0 Å². The Balaban J connectivity index is 1.83. The number of hydrogen-bond acceptors (Lipinski definition) is 5. The Morgan fingerprint density at radius 1 is 1.40 bits per heavy atom. The summed E-state index contributed by atoms with van der Waals surface area (Å²) in [5.74, 6) is 0.611. The highest BCUT2D eigenvalue weighted by Gasteiger charge is 2.22. The molecule has 1 aliphatic rings. The first-order valence-electron chi connectivity index (χ1n) is 6.53. The summed E-state index contributed by atoms with van der Waals surface area (Å²) < 4.78 is 0. The Kier molecular flexibility index (Phi) is 3.21. The molecule has 20 heavy (non-hydrogen) atoms. The highest BCUT2D eigenvalue weighted by molar-refractivity contribution is 5.58. The van der Waals surface area contributed by atoms with Crippen LogP contribution in [0.25, 0.3) is 0 Å². The lowest BCUT2D eigenvalue weighted by Crippen LogP contribution is -2.40. The molecule has 0 aliphatic carbocycles. The van der Waals surface area contributed by atoms with Gasteiger partial charge < -0.3 is 10.2 Å². The average Bonchev–Trinajstić information content (AvgIpc) is 2.48. The first kappa shape index (κ1) is 12.4. The minimum absolute atomic E-state index is 0.233. The fraction of sp³-hybridized carbons (Fsp3) is 0.267. The number of para-hydroxylation sites is 1. The first-order chi connectivity index (χ1) is 9.78. The van der Waals surface area contributed by atoms with E-state index in [9.17, 15) is 0 Å². The van der Waals surface area contributed by atoms with Crippen molar-refractivity contribution in [3.63, 3.8) is 0 Å². The molecule has 5 nitrogen and oxygen atoms in total. The Hall–Kier alpha value is -2.61. The van der Waals surface area contributed by atoms with Crippen molar-refractivity contribution in [2.45, 2.75) is 12.5 Å². The molecule has 100 valence electrons. The third-order valence-electron chi connectivity index (χ3n) is 3.54. The van der Waals surface area contributed by atoms with E-state index >= 15 is 0 Å². The molecule has 0 spiro atoms. The lowest BCUT2D eigenvalue weighted by Gasteiger charge is -2.34. The Morgan fingerprint density at radius 2 is 2.25 bits per heavy atom. The Labute approximate surface area is 117 Å². The number of rotatable bonds is 2. The molecule has 0 fully saturated rings. The van der Waals surface area contributed by atoms with Gasteiger partial charge in [0.25, 0.3) is 0 Å². The van der Waals surface area contributed by atoms with E-state index in [1.54, 1.807) is 0 Å². The predicted octanol–water partition coefficient (Wildman–Crippen LogP) is 1.82. The van der Waals surface area contributed by atoms with E-state index in [0.29, 0.717) is 11.4 Å². The first-order valence-corrected chi connectivity index (χ1v) is 6.53. The van der Waals surface area contributed by atoms with Gasteiger partial charge in [-0.15, -0.1) is 0 Å². The summed E-state index contributed by atoms with van der Waals surface area (Å²) in [7, 11) is 2.08. The van der Waals surface area contributed by atoms with Gasteiger partial charge in [0.2, 0.25) is 0 Å². The van der Waals surface area contributed by atoms with E-state index in [2.05, 4.69) is 57.6 Å². The molecule has 1 aliphatic heterocycles. The summed E-state index contributed by atoms with van der Waals surface area (Å²) in [6.07, 6.45) is 3.93. The summed E-state index contributed by atoms with van der Waals surface area (Å²) in [5, 5.41) is 12.4. The number of anilines is 2. The minimum Gasteiger partial charge on any atom is -0.372 e. The summed E-state index contributed by atoms with van der Waals surface area (Å²) in [5.41, 5.74) is 3.06. The molecule has 0 saturated carbocycles. The number of nitriles is 1. The molecular weight excluding hydrogens is 250 g/mol. The van der Waals surface area contributed by atoms with Gasteiger partial charge in [-0.05, 0) is 18.1 Å². The summed E-state index contributed by atoms with van der Waals surface area (Å²) in [6, 6.07) is 10.7. The third kappa shape index (κ3) is 2.28. The molecule has 0 bridgehead atoms. The SMILES string of the molecule is CN1C[C@H](Nc2ncncc2C#N)Cc2ccccc21. The fourth-order valence-corrected chi connectivity index (χ4v) is 2.63. The smallest absolute Gasteiger partial charge is 0.147 e. The molecule has 1 aromatic heterocycles. The number of fused-ring (bicyclic) bond motifs is 1. The quantitative estimate of drug-likeness (QED) is 0.897. The zero-order chi connectivity index (χ0) is 13.9. The molecule has 1 aromatic carbocycles. The van der Waals surface area contributed by atoms with Gasteiger partial charge in [-0.1, -0.05) is 18.2 Å². The predicted molar refractivity (Wildman–Crippen MR) is 77.6 cm³/mol. The molecule has 0 amide bonds. The largest absolute Gasteiger partial charge is 0.372 e. The lowest BCUT2D eigenvalue weighted by molar-refractivity contribution is 0.661. The molecule has 5 heteroatoms. The number of hydrogen-bond donors (Lipinski definition) is 1. The van der Waals surface area contributed by atoms with Crippen molar-refractivity contribution in [3.8, 4) is 6.07 Å². The highest BCUT2D eigenvalue weighted by atomic mass is 15.2. The highest BCUT2D eigenvalue weighted by Crippen LogP contribution is 2.26. The molecule has 0 radical (unpaired) electrons. The van der Waals surface area contributed by atoms with Gasteiger partial charge in [-0.2, -0.15) is 5.26 Å². The van der Waals surface area contributed by atoms with Crippen molar-refractivity contribution in [1.29, 1.82) is 5.26 Å². The molecular formula is C15H15N5. The topological polar surface area (TPSA) is 64.8 Å². The minimum atomic E-state index is 0.233. The molecule has 0 unspecified atom stereocenters. The fourth-order valence-electron chi connectivity index (χ4n) is 2.63. The van der Waals surface area contributed by atoms with E-state index in [1.165, 1.54) is 23.8 Å². The van der Waals surface area contributed by atoms with Crippen LogP contribution in [0.2, 0.25) is 0 Å². The van der Waals surface area contributed by atoms with Crippen LogP contribution in [-0.2, 0) is 6.42 Å². The van der Waals surface area contributed by atoms with Gasteiger partial charge >= 0.3 is 0 Å². The monoisotopic (exact) mass is 265 g/mol. The zero-order valence-corrected chi connectivity index (χ0v) is 11.2.